The molecule has 3 aromatic rings. The second kappa shape index (κ2) is 11.4. The van der Waals surface area contributed by atoms with Gasteiger partial charge in [0.25, 0.3) is 0 Å². The van der Waals surface area contributed by atoms with Crippen molar-refractivity contribution in [2.45, 2.75) is 19.0 Å². The minimum Gasteiger partial charge on any atom is -0.495 e. The third-order valence-electron chi connectivity index (χ3n) is 5.37. The molecule has 2 aromatic carbocycles. The highest BCUT2D eigenvalue weighted by atomic mass is 127. The molecule has 1 atom stereocenters. The Hall–Kier alpha value is -2.46. The van der Waals surface area contributed by atoms with Crippen LogP contribution in [0.4, 0.5) is 5.69 Å². The highest BCUT2D eigenvalue weighted by Crippen LogP contribution is 2.33. The van der Waals surface area contributed by atoms with E-state index >= 15 is 0 Å². The Morgan fingerprint density at radius 2 is 2.09 bits per heavy atom. The first kappa shape index (κ1) is 24.2. The summed E-state index contributed by atoms with van der Waals surface area (Å²) in [5.41, 5.74) is 3.14. The zero-order chi connectivity index (χ0) is 21.6. The van der Waals surface area contributed by atoms with Crippen LogP contribution in [0.15, 0.2) is 59.7 Å². The summed E-state index contributed by atoms with van der Waals surface area (Å²) in [4.78, 5) is 14.5. The zero-order valence-electron chi connectivity index (χ0n) is 18.1. The second-order valence-corrected chi connectivity index (χ2v) is 7.86. The number of imidazole rings is 1. The van der Waals surface area contributed by atoms with Crippen molar-refractivity contribution in [3.05, 3.63) is 65.6 Å². The molecule has 170 valence electrons. The van der Waals surface area contributed by atoms with E-state index in [4.69, 9.17) is 16.3 Å². The molecule has 1 fully saturated rings. The number of ether oxygens (including phenoxy) is 1. The predicted molar refractivity (Wildman–Crippen MR) is 141 cm³/mol. The lowest BCUT2D eigenvalue weighted by atomic mass is 10.2. The van der Waals surface area contributed by atoms with Crippen LogP contribution in [0.5, 0.6) is 5.75 Å². The van der Waals surface area contributed by atoms with E-state index in [-0.39, 0.29) is 30.0 Å². The van der Waals surface area contributed by atoms with E-state index in [0.29, 0.717) is 11.6 Å². The van der Waals surface area contributed by atoms with Gasteiger partial charge < -0.3 is 25.3 Å². The number of benzene rings is 2. The molecule has 1 saturated heterocycles. The van der Waals surface area contributed by atoms with E-state index in [1.807, 2.05) is 42.6 Å². The van der Waals surface area contributed by atoms with Gasteiger partial charge in [-0.2, -0.15) is 0 Å². The van der Waals surface area contributed by atoms with Gasteiger partial charge >= 0.3 is 0 Å². The average molecular weight is 567 g/mol. The molecule has 1 aliphatic rings. The van der Waals surface area contributed by atoms with Gasteiger partial charge in [-0.05, 0) is 30.2 Å². The number of halogens is 2. The van der Waals surface area contributed by atoms with Crippen molar-refractivity contribution >= 4 is 47.2 Å². The van der Waals surface area contributed by atoms with Crippen molar-refractivity contribution in [1.82, 2.24) is 20.6 Å². The molecule has 2 heterocycles. The van der Waals surface area contributed by atoms with Crippen molar-refractivity contribution in [2.75, 3.05) is 32.1 Å². The summed E-state index contributed by atoms with van der Waals surface area (Å²) >= 11 is 6.20. The summed E-state index contributed by atoms with van der Waals surface area (Å²) in [6.07, 6.45) is 2.85. The number of aliphatic imine (C=N–C) groups is 1. The quantitative estimate of drug-likeness (QED) is 0.236. The first-order valence-electron chi connectivity index (χ1n) is 10.3. The lowest BCUT2D eigenvalue weighted by Crippen LogP contribution is -2.44. The number of anilines is 1. The van der Waals surface area contributed by atoms with Crippen LogP contribution >= 0.6 is 35.6 Å². The maximum atomic E-state index is 6.20. The molecule has 0 bridgehead atoms. The number of aromatic amines is 1. The molecule has 0 radical (unpaired) electrons. The minimum atomic E-state index is 0. The molecule has 3 N–H and O–H groups in total. The molecule has 7 nitrogen and oxygen atoms in total. The van der Waals surface area contributed by atoms with Crippen LogP contribution in [0, 0.1) is 0 Å². The van der Waals surface area contributed by atoms with Crippen LogP contribution in [-0.4, -0.2) is 49.2 Å². The number of H-pyrrole nitrogens is 1. The zero-order valence-corrected chi connectivity index (χ0v) is 21.2. The maximum Gasteiger partial charge on any atom is 0.191 e. The van der Waals surface area contributed by atoms with Crippen LogP contribution in [-0.2, 0) is 6.54 Å². The molecular weight excluding hydrogens is 539 g/mol. The summed E-state index contributed by atoms with van der Waals surface area (Å²) in [5, 5.41) is 7.56. The monoisotopic (exact) mass is 566 g/mol. The third-order valence-corrected chi connectivity index (χ3v) is 5.61. The van der Waals surface area contributed by atoms with Gasteiger partial charge in [0.2, 0.25) is 0 Å². The SMILES string of the molecule is CN=C(NCc1ncc(-c2ccccc2)[nH]1)NC1CCN(c2cc(Cl)ccc2OC)C1.I. The Morgan fingerprint density at radius 3 is 2.84 bits per heavy atom. The molecular formula is C23H28ClIN6O. The van der Waals surface area contributed by atoms with Gasteiger partial charge in [0.15, 0.2) is 5.96 Å². The van der Waals surface area contributed by atoms with Crippen molar-refractivity contribution < 1.29 is 4.74 Å². The number of guanidine groups is 1. The number of hydrogen-bond donors (Lipinski definition) is 3. The Balaban J connectivity index is 0.00000289. The molecule has 0 saturated carbocycles. The number of nitrogens with one attached hydrogen (secondary N) is 3. The van der Waals surface area contributed by atoms with Gasteiger partial charge in [0, 0.05) is 31.2 Å². The van der Waals surface area contributed by atoms with Crippen molar-refractivity contribution in [3.63, 3.8) is 0 Å². The van der Waals surface area contributed by atoms with E-state index < -0.39 is 0 Å². The van der Waals surface area contributed by atoms with Gasteiger partial charge in [-0.15, -0.1) is 24.0 Å². The molecule has 32 heavy (non-hydrogen) atoms. The number of nitrogens with zero attached hydrogens (tertiary/aromatic N) is 3. The van der Waals surface area contributed by atoms with Gasteiger partial charge in [-0.3, -0.25) is 4.99 Å². The van der Waals surface area contributed by atoms with E-state index in [0.717, 1.165) is 54.0 Å². The van der Waals surface area contributed by atoms with Crippen molar-refractivity contribution in [1.29, 1.82) is 0 Å². The van der Waals surface area contributed by atoms with Gasteiger partial charge in [0.05, 0.1) is 31.2 Å². The molecule has 0 aliphatic carbocycles. The fourth-order valence-corrected chi connectivity index (χ4v) is 3.95. The maximum absolute atomic E-state index is 6.20. The fourth-order valence-electron chi connectivity index (χ4n) is 3.78. The summed E-state index contributed by atoms with van der Waals surface area (Å²) in [5.74, 6) is 2.45. The van der Waals surface area contributed by atoms with E-state index in [9.17, 15) is 0 Å². The molecule has 4 rings (SSSR count). The van der Waals surface area contributed by atoms with Gasteiger partial charge in [-0.25, -0.2) is 4.98 Å². The Morgan fingerprint density at radius 1 is 1.28 bits per heavy atom. The number of hydrogen-bond acceptors (Lipinski definition) is 4. The van der Waals surface area contributed by atoms with Crippen LogP contribution in [0.3, 0.4) is 0 Å². The number of rotatable bonds is 6. The van der Waals surface area contributed by atoms with Crippen LogP contribution < -0.4 is 20.3 Å². The molecule has 1 unspecified atom stereocenters. The Bertz CT molecular complexity index is 1040. The van der Waals surface area contributed by atoms with Gasteiger partial charge in [-0.1, -0.05) is 41.9 Å². The average Bonchev–Trinajstić information content (AvgIpc) is 3.47. The molecule has 9 heteroatoms. The topological polar surface area (TPSA) is 77.6 Å². The lowest BCUT2D eigenvalue weighted by molar-refractivity contribution is 0.415. The van der Waals surface area contributed by atoms with E-state index in [1.54, 1.807) is 14.2 Å². The van der Waals surface area contributed by atoms with Crippen molar-refractivity contribution in [2.24, 2.45) is 4.99 Å². The predicted octanol–water partition coefficient (Wildman–Crippen LogP) is 4.30. The highest BCUT2D eigenvalue weighted by Gasteiger charge is 2.25. The number of methoxy groups -OCH3 is 1. The Labute approximate surface area is 210 Å². The summed E-state index contributed by atoms with van der Waals surface area (Å²) in [6, 6.07) is 16.1. The van der Waals surface area contributed by atoms with E-state index in [1.165, 1.54) is 0 Å². The minimum absolute atomic E-state index is 0. The highest BCUT2D eigenvalue weighted by molar-refractivity contribution is 14.0. The first-order chi connectivity index (χ1) is 15.2. The summed E-state index contributed by atoms with van der Waals surface area (Å²) in [7, 11) is 3.46. The molecule has 0 amide bonds. The van der Waals surface area contributed by atoms with E-state index in [2.05, 4.69) is 42.6 Å². The summed E-state index contributed by atoms with van der Waals surface area (Å²) < 4.78 is 5.50. The van der Waals surface area contributed by atoms with Crippen molar-refractivity contribution in [3.8, 4) is 17.0 Å². The smallest absolute Gasteiger partial charge is 0.191 e. The van der Waals surface area contributed by atoms with Crippen LogP contribution in [0.2, 0.25) is 5.02 Å². The summed E-state index contributed by atoms with van der Waals surface area (Å²) in [6.45, 7) is 2.32. The number of aromatic nitrogens is 2. The normalized spacial score (nSPS) is 15.9. The Kier molecular flexibility index (Phi) is 8.63. The molecule has 1 aliphatic heterocycles. The molecule has 0 spiro atoms. The third kappa shape index (κ3) is 5.86. The second-order valence-electron chi connectivity index (χ2n) is 7.43. The first-order valence-corrected chi connectivity index (χ1v) is 10.7. The largest absolute Gasteiger partial charge is 0.495 e. The van der Waals surface area contributed by atoms with Gasteiger partial charge in [0.1, 0.15) is 11.6 Å². The van der Waals surface area contributed by atoms with Crippen LogP contribution in [0.25, 0.3) is 11.3 Å². The fraction of sp³-hybridized carbons (Fsp3) is 0.304. The molecule has 1 aromatic heterocycles. The standard InChI is InChI=1S/C23H27ClN6O.HI/c1-25-23(27-14-22-26-13-19(29-22)16-6-4-3-5-7-16)28-18-10-11-30(15-18)20-12-17(24)8-9-21(20)31-2;/h3-9,12-13,18H,10-11,14-15H2,1-2H3,(H,26,29)(H2,25,27,28);1H. The lowest BCUT2D eigenvalue weighted by Gasteiger charge is -2.22. The van der Waals surface area contributed by atoms with Crippen LogP contribution in [0.1, 0.15) is 12.2 Å².